The fourth-order valence-corrected chi connectivity index (χ4v) is 7.55. The average Bonchev–Trinajstić information content (AvgIpc) is 3.05. The molecule has 57 heavy (non-hydrogen) atoms. The third-order valence-electron chi connectivity index (χ3n) is 6.03. The Morgan fingerprint density at radius 3 is 1.60 bits per heavy atom. The summed E-state index contributed by atoms with van der Waals surface area (Å²) in [5.74, 6) is -2.80. The van der Waals surface area contributed by atoms with Crippen LogP contribution in [0.1, 0.15) is 0 Å². The quantitative estimate of drug-likeness (QED) is 0.0122. The molecule has 0 radical (unpaired) electrons. The number of anilines is 2. The number of rotatable bonds is 20. The van der Waals surface area contributed by atoms with E-state index < -0.39 is 109 Å². The summed E-state index contributed by atoms with van der Waals surface area (Å²) in [7, 11) is -23.7. The number of nitrogens with one attached hydrogen (secondary N) is 1. The van der Waals surface area contributed by atoms with Gasteiger partial charge in [-0.05, 0) is 54.6 Å². The first kappa shape index (κ1) is 59.3. The van der Waals surface area contributed by atoms with Gasteiger partial charge in [0.2, 0.25) is 10.4 Å². The number of sulfone groups is 2. The van der Waals surface area contributed by atoms with Crippen molar-refractivity contribution < 1.29 is 197 Å². The van der Waals surface area contributed by atoms with Gasteiger partial charge >= 0.3 is 118 Å². The molecule has 24 nitrogen and oxygen atoms in total. The first-order valence-corrected chi connectivity index (χ1v) is 21.8. The third-order valence-corrected chi connectivity index (χ3v) is 11.6. The predicted molar refractivity (Wildman–Crippen MR) is 174 cm³/mol. The molecule has 0 atom stereocenters. The number of hydrogen-bond donors (Lipinski definition) is 2. The molecular formula is C23H22N6Na4O18S6. The maximum absolute atomic E-state index is 12.5. The van der Waals surface area contributed by atoms with Crippen molar-refractivity contribution >= 4 is 96.8 Å². The van der Waals surface area contributed by atoms with Crippen molar-refractivity contribution in [3.63, 3.8) is 0 Å². The van der Waals surface area contributed by atoms with Gasteiger partial charge in [-0.1, -0.05) is 0 Å². The van der Waals surface area contributed by atoms with E-state index in [1.165, 1.54) is 0 Å². The SMILES string of the molecule is Nc1c(S(=O)(=O)[O-])cc(N=Nc2ccc(S(=O)(=O)CCOSOO[O-])cc2)c(NCS(=O)(=O)[O-])c1N=Nc1ccc(S(=O)(=O)CCOS(=O)(=O)[O-])cc1.[Na+].[Na+].[Na+].[Na+]. The van der Waals surface area contributed by atoms with Crippen LogP contribution < -0.4 is 135 Å². The molecular weight excluding hydrogens is 933 g/mol. The largest absolute Gasteiger partial charge is 1.00 e. The van der Waals surface area contributed by atoms with Crippen molar-refractivity contribution in [3.8, 4) is 0 Å². The van der Waals surface area contributed by atoms with Crippen LogP contribution in [0.4, 0.5) is 34.1 Å². The van der Waals surface area contributed by atoms with E-state index in [0.717, 1.165) is 48.5 Å². The number of nitrogens with zero attached hydrogens (tertiary/aromatic N) is 4. The molecule has 34 heteroatoms. The summed E-state index contributed by atoms with van der Waals surface area (Å²) < 4.78 is 165. The number of benzene rings is 3. The molecule has 0 aliphatic carbocycles. The summed E-state index contributed by atoms with van der Waals surface area (Å²) in [6, 6.07) is 9.22. The van der Waals surface area contributed by atoms with Crippen LogP contribution in [0.2, 0.25) is 0 Å². The van der Waals surface area contributed by atoms with Crippen molar-refractivity contribution in [1.82, 2.24) is 0 Å². The summed E-state index contributed by atoms with van der Waals surface area (Å²) in [5.41, 5.74) is 2.88. The molecule has 0 saturated heterocycles. The number of hydrogen-bond acceptors (Lipinski definition) is 25. The van der Waals surface area contributed by atoms with Gasteiger partial charge in [0, 0.05) is 0 Å². The Hall–Kier alpha value is 0.240. The molecule has 0 unspecified atom stereocenters. The molecule has 3 aromatic rings. The van der Waals surface area contributed by atoms with Crippen LogP contribution in [0.3, 0.4) is 0 Å². The van der Waals surface area contributed by atoms with Crippen LogP contribution >= 0.6 is 12.3 Å². The molecule has 0 bridgehead atoms. The van der Waals surface area contributed by atoms with E-state index in [9.17, 15) is 61.0 Å². The van der Waals surface area contributed by atoms with Crippen molar-refractivity contribution in [2.45, 2.75) is 14.7 Å². The standard InChI is InChI=1S/C23H26N6O18S6.4Na/c24-21-20(52(38,39)40)13-19(28-26-15-1-5-17(6-2-15)49(31,32)11-9-44-48-47-46-30)22(25-14-51(35,36)37)23(21)29-27-16-3-7-18(8-4-16)50(33,34)12-10-45-53(41,42)43;;;;/h1-8,13,25,30H,9-12,14,24H2,(H,35,36,37)(H,38,39,40)(H,41,42,43);;;;/q;4*+1/p-4. The van der Waals surface area contributed by atoms with Crippen LogP contribution in [-0.2, 0) is 68.0 Å². The Morgan fingerprint density at radius 2 is 1.16 bits per heavy atom. The number of nitrogen functional groups attached to an aromatic ring is 1. The zero-order chi connectivity index (χ0) is 39.7. The molecule has 0 amide bonds. The van der Waals surface area contributed by atoms with Crippen LogP contribution in [0.5, 0.6) is 0 Å². The van der Waals surface area contributed by atoms with Crippen molar-refractivity contribution in [2.24, 2.45) is 20.5 Å². The minimum atomic E-state index is -5.41. The molecule has 3 N–H and O–H groups in total. The fourth-order valence-electron chi connectivity index (χ4n) is 3.72. The number of nitrogens with two attached hydrogens (primary N) is 1. The topological polar surface area (TPSA) is 387 Å². The second kappa shape index (κ2) is 26.0. The summed E-state index contributed by atoms with van der Waals surface area (Å²) in [4.78, 5) is -1.71. The molecule has 292 valence electrons. The normalized spacial score (nSPS) is 12.3. The maximum Gasteiger partial charge on any atom is 1.00 e. The number of azo groups is 2. The van der Waals surface area contributed by atoms with E-state index >= 15 is 0 Å². The molecule has 3 aromatic carbocycles. The Balaban J connectivity index is 0. The Morgan fingerprint density at radius 1 is 0.684 bits per heavy atom. The van der Waals surface area contributed by atoms with Gasteiger partial charge in [0.1, 0.15) is 37.5 Å². The Kier molecular flexibility index (Phi) is 27.1. The van der Waals surface area contributed by atoms with Crippen molar-refractivity contribution in [3.05, 3.63) is 54.6 Å². The minimum absolute atomic E-state index is 0. The van der Waals surface area contributed by atoms with E-state index in [4.69, 9.17) is 5.73 Å². The summed E-state index contributed by atoms with van der Waals surface area (Å²) in [6.45, 7) is -1.37. The average molecular weight is 955 g/mol. The monoisotopic (exact) mass is 954 g/mol. The zero-order valence-electron chi connectivity index (χ0n) is 29.9. The molecule has 0 fully saturated rings. The van der Waals surface area contributed by atoms with E-state index in [1.54, 1.807) is 0 Å². The van der Waals surface area contributed by atoms with Gasteiger partial charge in [-0.25, -0.2) is 42.1 Å². The van der Waals surface area contributed by atoms with Crippen LogP contribution in [0.25, 0.3) is 0 Å². The van der Waals surface area contributed by atoms with Gasteiger partial charge < -0.3 is 30.0 Å². The smallest absolute Gasteiger partial charge is 0.747 e. The van der Waals surface area contributed by atoms with Crippen LogP contribution in [0.15, 0.2) is 89.7 Å². The van der Waals surface area contributed by atoms with Crippen molar-refractivity contribution in [1.29, 1.82) is 0 Å². The van der Waals surface area contributed by atoms with Gasteiger partial charge in [-0.3, -0.25) is 13.4 Å². The first-order chi connectivity index (χ1) is 24.5. The summed E-state index contributed by atoms with van der Waals surface area (Å²) in [5, 5.41) is 30.1. The fraction of sp³-hybridized carbons (Fsp3) is 0.217. The summed E-state index contributed by atoms with van der Waals surface area (Å²) >= 11 is 0.106. The second-order valence-corrected chi connectivity index (χ2v) is 18.2. The molecule has 0 spiro atoms. The Bertz CT molecular complexity index is 2410. The van der Waals surface area contributed by atoms with Crippen LogP contribution in [0, 0.1) is 0 Å². The molecule has 0 aliphatic rings. The predicted octanol–water partition coefficient (Wildman–Crippen LogP) is -11.2. The van der Waals surface area contributed by atoms with E-state index in [1.807, 2.05) is 0 Å². The Labute approximate surface area is 419 Å². The molecule has 0 aromatic heterocycles. The minimum Gasteiger partial charge on any atom is -0.747 e. The van der Waals surface area contributed by atoms with E-state index in [2.05, 4.69) is 43.5 Å². The van der Waals surface area contributed by atoms with Gasteiger partial charge in [-0.2, -0.15) is 10.2 Å². The third kappa shape index (κ3) is 20.3. The van der Waals surface area contributed by atoms with E-state index in [0.29, 0.717) is 6.07 Å². The van der Waals surface area contributed by atoms with Gasteiger partial charge in [0.25, 0.3) is 0 Å². The van der Waals surface area contributed by atoms with E-state index in [-0.39, 0.29) is 152 Å². The molecule has 0 aliphatic heterocycles. The van der Waals surface area contributed by atoms with Gasteiger partial charge in [-0.15, -0.1) is 14.6 Å². The molecule has 3 rings (SSSR count). The summed E-state index contributed by atoms with van der Waals surface area (Å²) in [6.07, 6.45) is 0. The van der Waals surface area contributed by atoms with Gasteiger partial charge in [0.05, 0.1) is 62.2 Å². The molecule has 0 heterocycles. The second-order valence-electron chi connectivity index (χ2n) is 9.65. The van der Waals surface area contributed by atoms with Gasteiger partial charge in [0.15, 0.2) is 32.0 Å². The maximum atomic E-state index is 12.5. The zero-order valence-corrected chi connectivity index (χ0v) is 42.8. The van der Waals surface area contributed by atoms with Crippen LogP contribution in [-0.4, -0.2) is 86.3 Å². The first-order valence-electron chi connectivity index (χ1n) is 13.5. The van der Waals surface area contributed by atoms with Crippen molar-refractivity contribution in [2.75, 3.05) is 41.6 Å². The molecule has 0 saturated carbocycles.